The van der Waals surface area contributed by atoms with Gasteiger partial charge >= 0.3 is 5.97 Å². The molecule has 0 bridgehead atoms. The van der Waals surface area contributed by atoms with Gasteiger partial charge < -0.3 is 10.3 Å². The summed E-state index contributed by atoms with van der Waals surface area (Å²) < 4.78 is 0. The first-order chi connectivity index (χ1) is 15.6. The van der Waals surface area contributed by atoms with E-state index in [9.17, 15) is 9.90 Å². The van der Waals surface area contributed by atoms with E-state index in [0.717, 1.165) is 25.5 Å². The smallest absolute Gasteiger partial charge is 0.304 e. The number of carbonyl (C=O) groups is 1. The number of rotatable bonds is 26. The Balaban J connectivity index is 4.27. The minimum atomic E-state index is -0.658. The minimum absolute atomic E-state index is 0.206. The van der Waals surface area contributed by atoms with Gasteiger partial charge in [-0.1, -0.05) is 136 Å². The number of unbranched alkanes of at least 4 members (excludes halogenated alkanes) is 13. The van der Waals surface area contributed by atoms with Crippen molar-refractivity contribution in [3.63, 3.8) is 0 Å². The molecule has 0 amide bonds. The van der Waals surface area contributed by atoms with Crippen molar-refractivity contribution < 1.29 is 9.90 Å². The van der Waals surface area contributed by atoms with Crippen LogP contribution in [0, 0.1) is 0 Å². The summed E-state index contributed by atoms with van der Waals surface area (Å²) in [6.45, 7) is 7.65. The van der Waals surface area contributed by atoms with Crippen LogP contribution in [-0.4, -0.2) is 36.0 Å². The first kappa shape index (κ1) is 31.8. The average Bonchev–Trinajstić information content (AvgIpc) is 2.77. The molecule has 0 aromatic carbocycles. The van der Waals surface area contributed by atoms with Gasteiger partial charge in [-0.3, -0.25) is 4.79 Å². The molecule has 0 rings (SSSR count). The maximum Gasteiger partial charge on any atom is 0.304 e. The van der Waals surface area contributed by atoms with E-state index in [0.29, 0.717) is 0 Å². The summed E-state index contributed by atoms with van der Waals surface area (Å²) in [5.41, 5.74) is 0. The summed E-state index contributed by atoms with van der Waals surface area (Å²) in [6.07, 6.45) is 24.4. The lowest BCUT2D eigenvalue weighted by molar-refractivity contribution is -0.136. The lowest BCUT2D eigenvalue weighted by atomic mass is 9.69. The van der Waals surface area contributed by atoms with E-state index < -0.39 is 5.97 Å². The Hall–Kier alpha value is -0.155. The van der Waals surface area contributed by atoms with Crippen molar-refractivity contribution in [1.82, 2.24) is 5.23 Å². The highest BCUT2D eigenvalue weighted by Gasteiger charge is 2.16. The Morgan fingerprint density at radius 1 is 0.750 bits per heavy atom. The Kier molecular flexibility index (Phi) is 25.3. The molecule has 2 N–H and O–H groups in total. The summed E-state index contributed by atoms with van der Waals surface area (Å²) in [5, 5.41) is 13.2. The lowest BCUT2D eigenvalue weighted by Gasteiger charge is -2.19. The van der Waals surface area contributed by atoms with Crippen LogP contribution in [0.2, 0.25) is 5.82 Å². The molecule has 0 aliphatic heterocycles. The third-order valence-electron chi connectivity index (χ3n) is 6.49. The summed E-state index contributed by atoms with van der Waals surface area (Å²) in [4.78, 5) is 11.3. The van der Waals surface area contributed by atoms with Crippen LogP contribution in [-0.2, 0) is 4.79 Å². The molecule has 190 valence electrons. The molecule has 0 heterocycles. The second-order valence-corrected chi connectivity index (χ2v) is 11.2. The van der Waals surface area contributed by atoms with Crippen LogP contribution >= 0.6 is 11.8 Å². The van der Waals surface area contributed by atoms with Gasteiger partial charge in [-0.15, -0.1) is 0 Å². The van der Waals surface area contributed by atoms with Gasteiger partial charge in [-0.25, -0.2) is 0 Å². The second-order valence-electron chi connectivity index (χ2n) is 9.79. The number of hydrogen-bond acceptors (Lipinski definition) is 3. The van der Waals surface area contributed by atoms with Gasteiger partial charge in [0.25, 0.3) is 0 Å². The van der Waals surface area contributed by atoms with E-state index in [1.165, 1.54) is 116 Å². The average molecular weight is 470 g/mol. The number of nitrogens with one attached hydrogen (secondary N) is 1. The fourth-order valence-electron chi connectivity index (χ4n) is 4.39. The molecule has 0 saturated carbocycles. The minimum Gasteiger partial charge on any atom is -0.481 e. The first-order valence-corrected chi connectivity index (χ1v) is 15.2. The van der Waals surface area contributed by atoms with Crippen molar-refractivity contribution in [3.05, 3.63) is 0 Å². The quantitative estimate of drug-likeness (QED) is 0.0987. The second kappa shape index (κ2) is 25.5. The molecule has 2 unspecified atom stereocenters. The fourth-order valence-corrected chi connectivity index (χ4v) is 5.59. The molecule has 0 radical (unpaired) electrons. The molecule has 2 atom stereocenters. The predicted molar refractivity (Wildman–Crippen MR) is 148 cm³/mol. The predicted octanol–water partition coefficient (Wildman–Crippen LogP) is 8.37. The van der Waals surface area contributed by atoms with Crippen LogP contribution in [0.15, 0.2) is 0 Å². The van der Waals surface area contributed by atoms with Crippen molar-refractivity contribution in [1.29, 1.82) is 0 Å². The van der Waals surface area contributed by atoms with Crippen LogP contribution in [0.25, 0.3) is 0 Å². The van der Waals surface area contributed by atoms with E-state index in [4.69, 9.17) is 0 Å². The summed E-state index contributed by atoms with van der Waals surface area (Å²) >= 11 is 1.87. The zero-order chi connectivity index (χ0) is 23.7. The van der Waals surface area contributed by atoms with Gasteiger partial charge in [0, 0.05) is 5.25 Å². The number of carboxylic acid groups (broad SMARTS) is 1. The van der Waals surface area contributed by atoms with Gasteiger partial charge in [-0.05, 0) is 18.7 Å². The Bertz CT molecular complexity index is 398. The topological polar surface area (TPSA) is 49.3 Å². The third kappa shape index (κ3) is 23.0. The molecule has 0 saturated heterocycles. The molecule has 0 aromatic rings. The van der Waals surface area contributed by atoms with Crippen molar-refractivity contribution in [2.75, 3.05) is 12.3 Å². The maximum atomic E-state index is 11.3. The Morgan fingerprint density at radius 3 is 1.72 bits per heavy atom. The number of hydrogen-bond donors (Lipinski definition) is 2. The maximum absolute atomic E-state index is 11.3. The fraction of sp³-hybridized carbons (Fsp3) is 0.963. The number of aliphatic carboxylic acids is 1. The van der Waals surface area contributed by atoms with Crippen molar-refractivity contribution in [3.8, 4) is 0 Å². The number of carboxylic acids is 1. The van der Waals surface area contributed by atoms with E-state index in [1.807, 2.05) is 11.8 Å². The third-order valence-corrected chi connectivity index (χ3v) is 7.82. The van der Waals surface area contributed by atoms with E-state index in [-0.39, 0.29) is 11.7 Å². The molecular weight excluding hydrogens is 413 g/mol. The highest BCUT2D eigenvalue weighted by atomic mass is 32.2. The Morgan fingerprint density at radius 2 is 1.22 bits per heavy atom. The molecule has 0 aliphatic rings. The zero-order valence-corrected chi connectivity index (χ0v) is 22.8. The van der Waals surface area contributed by atoms with E-state index >= 15 is 0 Å². The van der Waals surface area contributed by atoms with Crippen molar-refractivity contribution in [2.45, 2.75) is 154 Å². The number of thioether (sulfide) groups is 1. The van der Waals surface area contributed by atoms with Crippen LogP contribution in [0.1, 0.15) is 143 Å². The molecular formula is C27H56BNO2S. The molecule has 3 nitrogen and oxygen atoms in total. The molecule has 32 heavy (non-hydrogen) atoms. The van der Waals surface area contributed by atoms with Crippen LogP contribution in [0.5, 0.6) is 0 Å². The largest absolute Gasteiger partial charge is 0.481 e. The highest BCUT2D eigenvalue weighted by molar-refractivity contribution is 7.99. The molecule has 0 spiro atoms. The van der Waals surface area contributed by atoms with Gasteiger partial charge in [-0.2, -0.15) is 11.8 Å². The normalized spacial score (nSPS) is 13.2. The Labute approximate surface area is 206 Å². The summed E-state index contributed by atoms with van der Waals surface area (Å²) in [5.74, 6) is 1.20. The first-order valence-electron chi connectivity index (χ1n) is 14.2. The monoisotopic (exact) mass is 469 g/mol. The van der Waals surface area contributed by atoms with Gasteiger partial charge in [0.05, 0.1) is 6.42 Å². The van der Waals surface area contributed by atoms with Crippen LogP contribution in [0.3, 0.4) is 0 Å². The van der Waals surface area contributed by atoms with Crippen LogP contribution < -0.4 is 5.23 Å². The van der Waals surface area contributed by atoms with Gasteiger partial charge in [0.15, 0.2) is 0 Å². The molecule has 0 aromatic heterocycles. The van der Waals surface area contributed by atoms with E-state index in [2.05, 4.69) is 26.0 Å². The van der Waals surface area contributed by atoms with Crippen LogP contribution in [0.4, 0.5) is 0 Å². The van der Waals surface area contributed by atoms with Crippen molar-refractivity contribution >= 4 is 25.1 Å². The van der Waals surface area contributed by atoms with Gasteiger partial charge in [0.1, 0.15) is 0 Å². The zero-order valence-electron chi connectivity index (χ0n) is 22.0. The molecule has 5 heteroatoms. The molecule has 0 fully saturated rings. The SMILES string of the molecule is CCCCCCCCC(BNCC(CC(=O)O)SCCCCCCC)CCCCCCC. The lowest BCUT2D eigenvalue weighted by Crippen LogP contribution is -2.32. The van der Waals surface area contributed by atoms with Crippen molar-refractivity contribution in [2.24, 2.45) is 0 Å². The summed E-state index contributed by atoms with van der Waals surface area (Å²) in [6, 6.07) is 0. The van der Waals surface area contributed by atoms with Gasteiger partial charge in [0.2, 0.25) is 7.41 Å². The van der Waals surface area contributed by atoms with E-state index in [1.54, 1.807) is 0 Å². The molecule has 0 aliphatic carbocycles. The highest BCUT2D eigenvalue weighted by Crippen LogP contribution is 2.23. The standard InChI is InChI=1S/C27H56BNO2S/c1-4-7-10-13-15-18-21-25(20-17-14-11-8-5-2)28-29-24-26(23-27(30)31)32-22-19-16-12-9-6-3/h25-26,28-29H,4-24H2,1-3H3,(H,30,31). The summed E-state index contributed by atoms with van der Waals surface area (Å²) in [7, 11) is 1.07.